The molecule has 2 aliphatic heterocycles. The number of ketones is 2. The van der Waals surface area contributed by atoms with Crippen LogP contribution >= 0.6 is 0 Å². The molecule has 0 aliphatic carbocycles. The number of fused-ring (bicyclic) bond motifs is 2. The number of furan rings is 2. The molecule has 2 saturated heterocycles. The number of alkyl halides is 2. The number of nitrogen functional groups attached to an aromatic ring is 2. The lowest BCUT2D eigenvalue weighted by Crippen LogP contribution is -2.31. The second-order valence-corrected chi connectivity index (χ2v) is 20.2. The summed E-state index contributed by atoms with van der Waals surface area (Å²) in [7, 11) is 0. The van der Waals surface area contributed by atoms with Crippen LogP contribution in [-0.2, 0) is 22.4 Å². The predicted octanol–water partition coefficient (Wildman–Crippen LogP) is 12.2. The summed E-state index contributed by atoms with van der Waals surface area (Å²) in [5.74, 6) is 1.29. The standard InChI is InChI=1S/C31H30FN3O3.C26H22N2O4.C5H10FN/c1-20-15-24(22-5-7-23(8-6-22)30(37)35-14-13-31(2,32)19-35)16-25-17-27(38-29(20)25)11-10-26(36)9-3-21-4-12-28(33)34-18-21;1-16-12-20(18-4-6-19(7-5-18)26(30)31)13-21-14-23(32-25(16)21)10-9-22(29)8-2-17-3-11-24(27)28-15-17;1-5(6)2-3-7-4-5/h3-9,12,15-18H,10-11,13-14,19H2,1-2H3,(H2,33,34);2-8,11-15H,9-10H2,1H3,(H2,27,28)(H,30,31);7H,2-4H2,1H3/b9-3+;8-2+;. The zero-order chi connectivity index (χ0) is 54.9. The number of nitrogens with zero attached hydrogens (tertiary/aromatic N) is 3. The van der Waals surface area contributed by atoms with Crippen molar-refractivity contribution < 1.29 is 41.9 Å². The van der Waals surface area contributed by atoms with Crippen molar-refractivity contribution in [3.8, 4) is 22.3 Å². The van der Waals surface area contributed by atoms with Crippen molar-refractivity contribution in [1.82, 2.24) is 20.2 Å². The van der Waals surface area contributed by atoms with Crippen LogP contribution in [0.3, 0.4) is 0 Å². The van der Waals surface area contributed by atoms with E-state index in [1.807, 2.05) is 56.3 Å². The number of aromatic carboxylic acids is 1. The molecule has 1 amide bonds. The average molecular weight is 1040 g/mol. The van der Waals surface area contributed by atoms with E-state index in [1.54, 1.807) is 110 Å². The van der Waals surface area contributed by atoms with Crippen molar-refractivity contribution in [3.05, 3.63) is 179 Å². The zero-order valence-corrected chi connectivity index (χ0v) is 43.6. The van der Waals surface area contributed by atoms with Crippen LogP contribution < -0.4 is 16.8 Å². The van der Waals surface area contributed by atoms with Gasteiger partial charge in [-0.1, -0.05) is 24.3 Å². The van der Waals surface area contributed by atoms with Gasteiger partial charge in [-0.05, 0) is 194 Å². The van der Waals surface area contributed by atoms with Crippen LogP contribution in [0, 0.1) is 13.8 Å². The Kier molecular flexibility index (Phi) is 17.0. The first-order chi connectivity index (χ1) is 36.8. The predicted molar refractivity (Wildman–Crippen MR) is 299 cm³/mol. The Labute approximate surface area is 445 Å². The third kappa shape index (κ3) is 14.9. The van der Waals surface area contributed by atoms with E-state index in [-0.39, 0.29) is 29.6 Å². The fraction of sp³-hybridized carbons (Fsp3) is 0.258. The lowest BCUT2D eigenvalue weighted by Gasteiger charge is -2.17. The Morgan fingerprint density at radius 1 is 0.649 bits per heavy atom. The minimum absolute atomic E-state index is 0.000555. The number of nitrogens with two attached hydrogens (primary N) is 2. The van der Waals surface area contributed by atoms with Crippen molar-refractivity contribution in [2.45, 2.75) is 77.6 Å². The third-order valence-corrected chi connectivity index (χ3v) is 13.4. The van der Waals surface area contributed by atoms with Crippen molar-refractivity contribution in [3.63, 3.8) is 0 Å². The Bertz CT molecular complexity index is 3460. The average Bonchev–Trinajstić information content (AvgIpc) is 4.26. The van der Waals surface area contributed by atoms with Gasteiger partial charge in [0.15, 0.2) is 11.6 Å². The number of hydrogen-bond acceptors (Lipinski definition) is 11. The number of aromatic nitrogens is 2. The first-order valence-corrected chi connectivity index (χ1v) is 25.5. The largest absolute Gasteiger partial charge is 0.478 e. The Morgan fingerprint density at radius 3 is 1.51 bits per heavy atom. The van der Waals surface area contributed by atoms with Gasteiger partial charge in [0.2, 0.25) is 0 Å². The number of carboxylic acid groups (broad SMARTS) is 1. The maximum atomic E-state index is 14.2. The van der Waals surface area contributed by atoms with Gasteiger partial charge < -0.3 is 35.6 Å². The summed E-state index contributed by atoms with van der Waals surface area (Å²) in [5.41, 5.74) is 18.8. The fourth-order valence-electron chi connectivity index (χ4n) is 9.09. The van der Waals surface area contributed by atoms with Gasteiger partial charge in [-0.2, -0.15) is 0 Å². The normalized spacial score (nSPS) is 17.1. The molecule has 2 unspecified atom stereocenters. The van der Waals surface area contributed by atoms with Crippen LogP contribution in [0.4, 0.5) is 20.4 Å². The first kappa shape index (κ1) is 54.7. The molecular formula is C62H62F2N6O7. The number of aryl methyl sites for hydroxylation is 4. The number of likely N-dealkylation sites (tertiary alicyclic amines) is 1. The van der Waals surface area contributed by atoms with Crippen LogP contribution in [0.25, 0.3) is 56.3 Å². The van der Waals surface area contributed by atoms with Crippen molar-refractivity contribution >= 4 is 69.2 Å². The van der Waals surface area contributed by atoms with Gasteiger partial charge in [-0.15, -0.1) is 0 Å². The van der Waals surface area contributed by atoms with Gasteiger partial charge in [0.25, 0.3) is 5.91 Å². The SMILES string of the molecule is CC1(F)CCNC1.Cc1cc(-c2ccc(C(=O)N3CCC(C)(F)C3)cc2)cc2cc(CCC(=O)/C=C/c3ccc(N)nc3)oc12.Cc1cc(-c2ccc(C(=O)O)cc2)cc2cc(CCC(=O)/C=C/c3ccc(N)nc3)oc12. The number of rotatable bonds is 14. The lowest BCUT2D eigenvalue weighted by atomic mass is 10.00. The number of nitrogens with one attached hydrogen (secondary N) is 1. The molecular weight excluding hydrogens is 979 g/mol. The van der Waals surface area contributed by atoms with Gasteiger partial charge in [0.05, 0.1) is 12.1 Å². The fourth-order valence-corrected chi connectivity index (χ4v) is 9.09. The Hall–Kier alpha value is -8.56. The number of carbonyl (C=O) groups is 4. The molecule has 6 heterocycles. The van der Waals surface area contributed by atoms with Crippen LogP contribution in [0.1, 0.15) is 94.0 Å². The number of hydrogen-bond donors (Lipinski definition) is 4. The van der Waals surface area contributed by atoms with Crippen LogP contribution in [0.15, 0.2) is 143 Å². The molecule has 15 heteroatoms. The van der Waals surface area contributed by atoms with Gasteiger partial charge in [0.1, 0.15) is 45.7 Å². The smallest absolute Gasteiger partial charge is 0.335 e. The molecule has 13 nitrogen and oxygen atoms in total. The second-order valence-electron chi connectivity index (χ2n) is 20.2. The van der Waals surface area contributed by atoms with Crippen LogP contribution in [0.5, 0.6) is 0 Å². The molecule has 2 fully saturated rings. The van der Waals surface area contributed by atoms with Gasteiger partial charge in [0, 0.05) is 73.9 Å². The van der Waals surface area contributed by atoms with Gasteiger partial charge in [-0.25, -0.2) is 23.5 Å². The summed E-state index contributed by atoms with van der Waals surface area (Å²) >= 11 is 0. The molecule has 4 aromatic carbocycles. The molecule has 2 atom stereocenters. The molecule has 8 aromatic rings. The highest BCUT2D eigenvalue weighted by molar-refractivity contribution is 5.96. The minimum Gasteiger partial charge on any atom is -0.478 e. The maximum absolute atomic E-state index is 14.2. The quantitative estimate of drug-likeness (QED) is 0.0750. The summed E-state index contributed by atoms with van der Waals surface area (Å²) < 4.78 is 38.8. The molecule has 6 N–H and O–H groups in total. The number of carbonyl (C=O) groups excluding carboxylic acids is 3. The summed E-state index contributed by atoms with van der Waals surface area (Å²) in [6.45, 7) is 9.08. The minimum atomic E-state index is -1.31. The van der Waals surface area contributed by atoms with Gasteiger partial charge in [-0.3, -0.25) is 14.4 Å². The number of halogens is 2. The summed E-state index contributed by atoms with van der Waals surface area (Å²) in [4.78, 5) is 58.0. The monoisotopic (exact) mass is 1040 g/mol. The third-order valence-electron chi connectivity index (χ3n) is 13.4. The topological polar surface area (TPSA) is 208 Å². The van der Waals surface area contributed by atoms with Gasteiger partial charge >= 0.3 is 5.97 Å². The number of allylic oxidation sites excluding steroid dienone is 2. The van der Waals surface area contributed by atoms with E-state index in [4.69, 9.17) is 25.4 Å². The Balaban J connectivity index is 0.000000182. The number of anilines is 2. The highest BCUT2D eigenvalue weighted by Crippen LogP contribution is 2.33. The highest BCUT2D eigenvalue weighted by Gasteiger charge is 2.36. The van der Waals surface area contributed by atoms with Crippen molar-refractivity contribution in [1.29, 1.82) is 0 Å². The number of amides is 1. The lowest BCUT2D eigenvalue weighted by molar-refractivity contribution is -0.115. The van der Waals surface area contributed by atoms with E-state index in [9.17, 15) is 28.0 Å². The van der Waals surface area contributed by atoms with E-state index in [0.717, 1.165) is 84.5 Å². The molecule has 77 heavy (non-hydrogen) atoms. The van der Waals surface area contributed by atoms with E-state index >= 15 is 0 Å². The summed E-state index contributed by atoms with van der Waals surface area (Å²) in [5, 5.41) is 13.9. The molecule has 0 spiro atoms. The van der Waals surface area contributed by atoms with E-state index in [1.165, 1.54) is 0 Å². The van der Waals surface area contributed by atoms with E-state index < -0.39 is 17.3 Å². The summed E-state index contributed by atoms with van der Waals surface area (Å²) in [6.07, 6.45) is 12.5. The highest BCUT2D eigenvalue weighted by atomic mass is 19.1. The summed E-state index contributed by atoms with van der Waals surface area (Å²) in [6, 6.07) is 33.3. The molecule has 10 rings (SSSR count). The van der Waals surface area contributed by atoms with E-state index in [0.29, 0.717) is 68.8 Å². The number of carboxylic acids is 1. The van der Waals surface area contributed by atoms with Crippen molar-refractivity contribution in [2.75, 3.05) is 37.6 Å². The maximum Gasteiger partial charge on any atom is 0.335 e. The molecule has 0 bridgehead atoms. The zero-order valence-electron chi connectivity index (χ0n) is 43.6. The van der Waals surface area contributed by atoms with Crippen molar-refractivity contribution in [2.24, 2.45) is 0 Å². The molecule has 4 aromatic heterocycles. The second kappa shape index (κ2) is 24.0. The Morgan fingerprint density at radius 2 is 1.13 bits per heavy atom. The van der Waals surface area contributed by atoms with Crippen LogP contribution in [0.2, 0.25) is 0 Å². The first-order valence-electron chi connectivity index (χ1n) is 25.5. The van der Waals surface area contributed by atoms with Crippen LogP contribution in [-0.4, -0.2) is 80.9 Å². The number of benzene rings is 4. The number of pyridine rings is 2. The van der Waals surface area contributed by atoms with E-state index in [2.05, 4.69) is 27.4 Å². The molecule has 0 radical (unpaired) electrons. The molecule has 396 valence electrons. The molecule has 0 saturated carbocycles. The molecule has 2 aliphatic rings.